The van der Waals surface area contributed by atoms with E-state index in [-0.39, 0.29) is 5.56 Å². The van der Waals surface area contributed by atoms with Crippen LogP contribution in [0.4, 0.5) is 11.5 Å². The Bertz CT molecular complexity index is 1200. The summed E-state index contributed by atoms with van der Waals surface area (Å²) in [6.45, 7) is 3.97. The molecule has 0 fully saturated rings. The summed E-state index contributed by atoms with van der Waals surface area (Å²) in [4.78, 5) is 11.8. The van der Waals surface area contributed by atoms with Crippen LogP contribution in [0.25, 0.3) is 16.8 Å². The van der Waals surface area contributed by atoms with E-state index in [2.05, 4.69) is 10.7 Å². The molecule has 29 heavy (non-hydrogen) atoms. The zero-order valence-corrected chi connectivity index (χ0v) is 17.4. The van der Waals surface area contributed by atoms with E-state index in [4.69, 9.17) is 16.7 Å². The SMILES string of the molecule is Cc1ccccc1-n1nc(C)c(-c2ccsc2)c1Nc1ccc(Cl)cc1C(=O)O. The molecule has 2 heterocycles. The van der Waals surface area contributed by atoms with Gasteiger partial charge in [0.05, 0.1) is 22.6 Å². The van der Waals surface area contributed by atoms with E-state index in [0.717, 1.165) is 28.1 Å². The molecule has 0 bridgehead atoms. The Morgan fingerprint density at radius 3 is 2.66 bits per heavy atom. The number of aryl methyl sites for hydroxylation is 2. The molecule has 0 aliphatic heterocycles. The van der Waals surface area contributed by atoms with Crippen molar-refractivity contribution in [1.82, 2.24) is 9.78 Å². The van der Waals surface area contributed by atoms with Crippen LogP contribution in [0, 0.1) is 13.8 Å². The Hall–Kier alpha value is -3.09. The molecule has 2 N–H and O–H groups in total. The molecule has 2 aromatic heterocycles. The number of carboxylic acids is 1. The number of halogens is 1. The van der Waals surface area contributed by atoms with Crippen LogP contribution in [-0.2, 0) is 0 Å². The maximum Gasteiger partial charge on any atom is 0.337 e. The predicted molar refractivity (Wildman–Crippen MR) is 118 cm³/mol. The van der Waals surface area contributed by atoms with Gasteiger partial charge in [-0.3, -0.25) is 0 Å². The van der Waals surface area contributed by atoms with Gasteiger partial charge in [-0.25, -0.2) is 9.48 Å². The molecular formula is C22H18ClN3O2S. The first-order valence-corrected chi connectivity index (χ1v) is 10.3. The molecule has 2 aromatic carbocycles. The Morgan fingerprint density at radius 1 is 1.17 bits per heavy atom. The van der Waals surface area contributed by atoms with E-state index in [0.29, 0.717) is 16.5 Å². The van der Waals surface area contributed by atoms with Crippen molar-refractivity contribution in [2.75, 3.05) is 5.32 Å². The number of hydrogen-bond donors (Lipinski definition) is 2. The first kappa shape index (κ1) is 19.2. The third-order valence-corrected chi connectivity index (χ3v) is 5.60. The average Bonchev–Trinajstić information content (AvgIpc) is 3.31. The van der Waals surface area contributed by atoms with Gasteiger partial charge in [0.25, 0.3) is 0 Å². The highest BCUT2D eigenvalue weighted by atomic mass is 35.5. The fourth-order valence-electron chi connectivity index (χ4n) is 3.30. The van der Waals surface area contributed by atoms with Crippen molar-refractivity contribution in [3.63, 3.8) is 0 Å². The van der Waals surface area contributed by atoms with E-state index < -0.39 is 5.97 Å². The smallest absolute Gasteiger partial charge is 0.337 e. The summed E-state index contributed by atoms with van der Waals surface area (Å²) in [6.07, 6.45) is 0. The second kappa shape index (κ2) is 7.73. The number of aromatic nitrogens is 2. The lowest BCUT2D eigenvalue weighted by Gasteiger charge is -2.15. The van der Waals surface area contributed by atoms with Gasteiger partial charge in [0.2, 0.25) is 0 Å². The Labute approximate surface area is 177 Å². The highest BCUT2D eigenvalue weighted by Crippen LogP contribution is 2.37. The number of anilines is 2. The first-order chi connectivity index (χ1) is 14.0. The molecule has 0 aliphatic rings. The van der Waals surface area contributed by atoms with Crippen LogP contribution in [0.1, 0.15) is 21.6 Å². The molecule has 4 aromatic rings. The standard InChI is InChI=1S/C22H18ClN3O2S/c1-13-5-3-4-6-19(13)26-21(20(14(2)25-26)15-9-10-29-12-15)24-18-8-7-16(23)11-17(18)22(27)28/h3-12,24H,1-2H3,(H,27,28). The molecule has 0 saturated carbocycles. The topological polar surface area (TPSA) is 67.2 Å². The summed E-state index contributed by atoms with van der Waals surface area (Å²) in [5, 5.41) is 22.2. The third kappa shape index (κ3) is 3.64. The number of benzene rings is 2. The van der Waals surface area contributed by atoms with E-state index in [1.807, 2.05) is 54.2 Å². The maximum atomic E-state index is 11.8. The largest absolute Gasteiger partial charge is 0.478 e. The minimum absolute atomic E-state index is 0.101. The number of nitrogens with zero attached hydrogens (tertiary/aromatic N) is 2. The van der Waals surface area contributed by atoms with Gasteiger partial charge < -0.3 is 10.4 Å². The highest BCUT2D eigenvalue weighted by molar-refractivity contribution is 7.08. The van der Waals surface area contributed by atoms with Gasteiger partial charge in [-0.1, -0.05) is 29.8 Å². The normalized spacial score (nSPS) is 10.9. The molecular weight excluding hydrogens is 406 g/mol. The predicted octanol–water partition coefficient (Wildman–Crippen LogP) is 6.31. The van der Waals surface area contributed by atoms with Gasteiger partial charge in [-0.05, 0) is 66.1 Å². The molecule has 146 valence electrons. The van der Waals surface area contributed by atoms with Crippen LogP contribution in [-0.4, -0.2) is 20.9 Å². The van der Waals surface area contributed by atoms with E-state index in [1.54, 1.807) is 23.5 Å². The van der Waals surface area contributed by atoms with Crippen LogP contribution in [0.3, 0.4) is 0 Å². The molecule has 5 nitrogen and oxygen atoms in total. The van der Waals surface area contributed by atoms with Crippen molar-refractivity contribution in [3.8, 4) is 16.8 Å². The van der Waals surface area contributed by atoms with Gasteiger partial charge in [-0.15, -0.1) is 0 Å². The van der Waals surface area contributed by atoms with Crippen molar-refractivity contribution in [2.24, 2.45) is 0 Å². The molecule has 0 amide bonds. The minimum Gasteiger partial charge on any atom is -0.478 e. The van der Waals surface area contributed by atoms with Crippen LogP contribution >= 0.6 is 22.9 Å². The van der Waals surface area contributed by atoms with E-state index in [9.17, 15) is 9.90 Å². The van der Waals surface area contributed by atoms with Gasteiger partial charge >= 0.3 is 5.97 Å². The second-order valence-corrected chi connectivity index (χ2v) is 7.86. The van der Waals surface area contributed by atoms with Crippen LogP contribution < -0.4 is 5.32 Å². The maximum absolute atomic E-state index is 11.8. The van der Waals surface area contributed by atoms with Gasteiger partial charge in [-0.2, -0.15) is 16.4 Å². The number of carbonyl (C=O) groups is 1. The van der Waals surface area contributed by atoms with Gasteiger partial charge in [0.15, 0.2) is 0 Å². The number of nitrogens with one attached hydrogen (secondary N) is 1. The zero-order valence-electron chi connectivity index (χ0n) is 15.8. The Kier molecular flexibility index (Phi) is 5.13. The van der Waals surface area contributed by atoms with Crippen LogP contribution in [0.5, 0.6) is 0 Å². The summed E-state index contributed by atoms with van der Waals surface area (Å²) in [5.74, 6) is -0.342. The van der Waals surface area contributed by atoms with E-state index >= 15 is 0 Å². The Balaban J connectivity index is 1.95. The highest BCUT2D eigenvalue weighted by Gasteiger charge is 2.21. The average molecular weight is 424 g/mol. The molecule has 0 saturated heterocycles. The molecule has 0 atom stereocenters. The number of thiophene rings is 1. The number of para-hydroxylation sites is 1. The van der Waals surface area contributed by atoms with E-state index in [1.165, 1.54) is 6.07 Å². The molecule has 0 spiro atoms. The van der Waals surface area contributed by atoms with Crippen molar-refractivity contribution >= 4 is 40.4 Å². The molecule has 7 heteroatoms. The lowest BCUT2D eigenvalue weighted by molar-refractivity contribution is 0.0698. The fraction of sp³-hybridized carbons (Fsp3) is 0.0909. The van der Waals surface area contributed by atoms with Crippen LogP contribution in [0.2, 0.25) is 5.02 Å². The molecule has 0 aliphatic carbocycles. The van der Waals surface area contributed by atoms with Gasteiger partial charge in [0.1, 0.15) is 5.82 Å². The zero-order chi connectivity index (χ0) is 20.5. The minimum atomic E-state index is -1.05. The van der Waals surface area contributed by atoms with Crippen molar-refractivity contribution in [1.29, 1.82) is 0 Å². The van der Waals surface area contributed by atoms with Gasteiger partial charge in [0, 0.05) is 10.6 Å². The molecule has 4 rings (SSSR count). The third-order valence-electron chi connectivity index (χ3n) is 4.68. The number of aromatic carboxylic acids is 1. The lowest BCUT2D eigenvalue weighted by atomic mass is 10.1. The lowest BCUT2D eigenvalue weighted by Crippen LogP contribution is -2.08. The number of hydrogen-bond acceptors (Lipinski definition) is 4. The monoisotopic (exact) mass is 423 g/mol. The number of rotatable bonds is 5. The van der Waals surface area contributed by atoms with Crippen molar-refractivity contribution < 1.29 is 9.90 Å². The molecule has 0 unspecified atom stereocenters. The summed E-state index contributed by atoms with van der Waals surface area (Å²) in [7, 11) is 0. The Morgan fingerprint density at radius 2 is 1.97 bits per heavy atom. The summed E-state index contributed by atoms with van der Waals surface area (Å²) >= 11 is 7.62. The summed E-state index contributed by atoms with van der Waals surface area (Å²) in [6, 6.07) is 14.8. The number of carboxylic acid groups (broad SMARTS) is 1. The van der Waals surface area contributed by atoms with Crippen molar-refractivity contribution in [3.05, 3.63) is 81.1 Å². The first-order valence-electron chi connectivity index (χ1n) is 8.94. The quantitative estimate of drug-likeness (QED) is 0.394. The fourth-order valence-corrected chi connectivity index (χ4v) is 4.12. The molecule has 0 radical (unpaired) electrons. The summed E-state index contributed by atoms with van der Waals surface area (Å²) < 4.78 is 1.83. The second-order valence-electron chi connectivity index (χ2n) is 6.64. The van der Waals surface area contributed by atoms with Crippen molar-refractivity contribution in [2.45, 2.75) is 13.8 Å². The van der Waals surface area contributed by atoms with Crippen LogP contribution in [0.15, 0.2) is 59.3 Å². The summed E-state index contributed by atoms with van der Waals surface area (Å²) in [5.41, 5.74) is 5.34.